The second-order valence-corrected chi connectivity index (χ2v) is 13.8. The number of carbonyl (C=O) groups is 2. The highest BCUT2D eigenvalue weighted by Crippen LogP contribution is 2.36. The van der Waals surface area contributed by atoms with Gasteiger partial charge in [-0.3, -0.25) is 24.7 Å². The zero-order chi connectivity index (χ0) is 25.7. The summed E-state index contributed by atoms with van der Waals surface area (Å²) in [5, 5.41) is 11.2. The first kappa shape index (κ1) is 28.4. The molecule has 0 N–H and O–H groups in total. The quantitative estimate of drug-likeness (QED) is 0.0678. The Morgan fingerprint density at radius 2 is 1.82 bits per heavy atom. The molecule has 184 valence electrons. The molecule has 1 rings (SSSR count). The topological polar surface area (TPSA) is 108 Å². The van der Waals surface area contributed by atoms with E-state index in [0.29, 0.717) is 0 Å². The number of rotatable bonds is 10. The van der Waals surface area contributed by atoms with Crippen LogP contribution in [-0.2, 0) is 14.0 Å². The average molecular weight is 491 g/mol. The summed E-state index contributed by atoms with van der Waals surface area (Å²) in [7, 11) is -2.10. The van der Waals surface area contributed by atoms with E-state index in [0.717, 1.165) is 6.21 Å². The van der Waals surface area contributed by atoms with Crippen molar-refractivity contribution in [1.82, 2.24) is 0 Å². The highest BCUT2D eigenvalue weighted by molar-refractivity contribution is 6.74. The molecule has 0 saturated heterocycles. The highest BCUT2D eigenvalue weighted by Gasteiger charge is 2.38. The average Bonchev–Trinajstić information content (AvgIpc) is 2.69. The second-order valence-electron chi connectivity index (χ2n) is 8.95. The van der Waals surface area contributed by atoms with E-state index in [9.17, 15) is 32.9 Å². The Kier molecular flexibility index (Phi) is 9.49. The molecule has 0 fully saturated rings. The van der Waals surface area contributed by atoms with Crippen LogP contribution in [-0.4, -0.2) is 50.5 Å². The van der Waals surface area contributed by atoms with Crippen LogP contribution < -0.4 is 0 Å². The number of halogens is 3. The molecule has 2 atom stereocenters. The maximum absolute atomic E-state index is 14.0. The molecule has 0 spiro atoms. The first-order valence-electron chi connectivity index (χ1n) is 10.2. The Morgan fingerprint density at radius 1 is 1.24 bits per heavy atom. The van der Waals surface area contributed by atoms with Crippen LogP contribution in [0.3, 0.4) is 0 Å². The van der Waals surface area contributed by atoms with E-state index in [2.05, 4.69) is 25.8 Å². The zero-order valence-corrected chi connectivity index (χ0v) is 20.7. The number of ether oxygens (including phenoxy) is 1. The van der Waals surface area contributed by atoms with Crippen molar-refractivity contribution >= 4 is 32.0 Å². The number of hydrogen-bond acceptors (Lipinski definition) is 7. The first-order valence-corrected chi connectivity index (χ1v) is 13.2. The van der Waals surface area contributed by atoms with Crippen LogP contribution in [0.15, 0.2) is 11.1 Å². The molecule has 33 heavy (non-hydrogen) atoms. The monoisotopic (exact) mass is 490 g/mol. The van der Waals surface area contributed by atoms with Gasteiger partial charge in [-0.2, -0.15) is 4.39 Å². The van der Waals surface area contributed by atoms with Gasteiger partial charge >= 0.3 is 11.7 Å². The molecular formula is C21H29F3N2O6Si. The fourth-order valence-electron chi connectivity index (χ4n) is 2.41. The number of carbonyl (C=O) groups excluding carboxylic acids is 2. The van der Waals surface area contributed by atoms with Gasteiger partial charge in [-0.05, 0) is 38.0 Å². The molecule has 8 nitrogen and oxygen atoms in total. The molecule has 12 heteroatoms. The second kappa shape index (κ2) is 11.0. The van der Waals surface area contributed by atoms with E-state index in [1.54, 1.807) is 6.92 Å². The Balaban J connectivity index is 3.29. The number of nitro groups is 1. The molecule has 1 unspecified atom stereocenters. The van der Waals surface area contributed by atoms with Gasteiger partial charge in [0.2, 0.25) is 11.6 Å². The van der Waals surface area contributed by atoms with Crippen LogP contribution in [0.25, 0.3) is 0 Å². The molecule has 0 bridgehead atoms. The van der Waals surface area contributed by atoms with Crippen molar-refractivity contribution in [3.05, 3.63) is 39.2 Å². The standard InChI is InChI=1S/C21H29F3N2O6Si/c1-8-31-20(28)14(10-25-12(2)11-32-33(6,7)21(3,4)5)19(27)13-9-15(22)16(23)17(24)18(13)26(29)30/h9-10,12,14H,8,11H2,1-7H3/t12-,14?/m0/s1. The lowest BCUT2D eigenvalue weighted by molar-refractivity contribution is -0.388. The number of benzene rings is 1. The Labute approximate surface area is 191 Å². The summed E-state index contributed by atoms with van der Waals surface area (Å²) >= 11 is 0. The van der Waals surface area contributed by atoms with Gasteiger partial charge in [0.25, 0.3) is 0 Å². The predicted octanol–water partition coefficient (Wildman–Crippen LogP) is 4.86. The maximum Gasteiger partial charge on any atom is 0.322 e. The van der Waals surface area contributed by atoms with Crippen LogP contribution in [0.4, 0.5) is 18.9 Å². The van der Waals surface area contributed by atoms with Gasteiger partial charge in [0.05, 0.1) is 24.2 Å². The molecule has 1 aromatic rings. The highest BCUT2D eigenvalue weighted by atomic mass is 28.4. The summed E-state index contributed by atoms with van der Waals surface area (Å²) in [6.45, 7) is 13.4. The van der Waals surface area contributed by atoms with Crippen LogP contribution in [0.1, 0.15) is 45.0 Å². The van der Waals surface area contributed by atoms with Gasteiger partial charge in [0.1, 0.15) is 5.56 Å². The summed E-state index contributed by atoms with van der Waals surface area (Å²) in [6.07, 6.45) is 0.906. The Morgan fingerprint density at radius 3 is 2.30 bits per heavy atom. The molecule has 0 aliphatic carbocycles. The third-order valence-electron chi connectivity index (χ3n) is 5.39. The number of nitro benzene ring substituents is 1. The van der Waals surface area contributed by atoms with E-state index < -0.39 is 65.7 Å². The van der Waals surface area contributed by atoms with Crippen molar-refractivity contribution in [2.24, 2.45) is 10.9 Å². The van der Waals surface area contributed by atoms with E-state index in [1.807, 2.05) is 13.1 Å². The summed E-state index contributed by atoms with van der Waals surface area (Å²) in [5.41, 5.74) is -2.68. The largest absolute Gasteiger partial charge is 0.465 e. The van der Waals surface area contributed by atoms with E-state index in [4.69, 9.17) is 9.16 Å². The molecule has 1 aromatic carbocycles. The SMILES string of the molecule is CCOC(=O)C(C=N[C@@H](C)CO[Si](C)(C)C(C)(C)C)C(=O)c1cc(F)c(F)c(F)c1[N+](=O)[O-]. The Hall–Kier alpha value is -2.60. The van der Waals surface area contributed by atoms with Crippen LogP contribution >= 0.6 is 0 Å². The van der Waals surface area contributed by atoms with Gasteiger partial charge in [-0.15, -0.1) is 0 Å². The van der Waals surface area contributed by atoms with Crippen molar-refractivity contribution in [1.29, 1.82) is 0 Å². The normalized spacial score (nSPS) is 14.2. The number of aliphatic imine (C=N–C) groups is 1. The molecule has 0 saturated carbocycles. The minimum absolute atomic E-state index is 0.0600. The molecule has 0 radical (unpaired) electrons. The van der Waals surface area contributed by atoms with Crippen molar-refractivity contribution in [2.75, 3.05) is 13.2 Å². The van der Waals surface area contributed by atoms with Gasteiger partial charge in [0, 0.05) is 6.21 Å². The van der Waals surface area contributed by atoms with E-state index >= 15 is 0 Å². The third kappa shape index (κ3) is 6.94. The fourth-order valence-corrected chi connectivity index (χ4v) is 3.50. The summed E-state index contributed by atoms with van der Waals surface area (Å²) in [4.78, 5) is 39.2. The zero-order valence-electron chi connectivity index (χ0n) is 19.7. The van der Waals surface area contributed by atoms with Crippen LogP contribution in [0, 0.1) is 33.5 Å². The number of Topliss-reactive ketones (excluding diaryl/α,β-unsaturated/α-hetero) is 1. The smallest absolute Gasteiger partial charge is 0.322 e. The molecule has 0 aliphatic rings. The summed E-state index contributed by atoms with van der Waals surface area (Å²) in [5.74, 6) is -10.3. The molecule has 0 heterocycles. The minimum atomic E-state index is -2.14. The van der Waals surface area contributed by atoms with Gasteiger partial charge < -0.3 is 9.16 Å². The van der Waals surface area contributed by atoms with Crippen LogP contribution in [0.2, 0.25) is 18.1 Å². The molecule has 0 aliphatic heterocycles. The molecule has 0 amide bonds. The van der Waals surface area contributed by atoms with E-state index in [1.165, 1.54) is 6.92 Å². The van der Waals surface area contributed by atoms with Crippen LogP contribution in [0.5, 0.6) is 0 Å². The van der Waals surface area contributed by atoms with Crippen molar-refractivity contribution < 1.29 is 36.8 Å². The number of hydrogen-bond donors (Lipinski definition) is 0. The predicted molar refractivity (Wildman–Crippen MR) is 119 cm³/mol. The van der Waals surface area contributed by atoms with Crippen molar-refractivity contribution in [2.45, 2.75) is 58.8 Å². The third-order valence-corrected chi connectivity index (χ3v) is 9.89. The van der Waals surface area contributed by atoms with Gasteiger partial charge in [-0.25, -0.2) is 8.78 Å². The van der Waals surface area contributed by atoms with Crippen molar-refractivity contribution in [3.63, 3.8) is 0 Å². The number of nitrogens with zero attached hydrogens (tertiary/aromatic N) is 2. The lowest BCUT2D eigenvalue weighted by atomic mass is 9.96. The number of esters is 1. The molecule has 0 aromatic heterocycles. The minimum Gasteiger partial charge on any atom is -0.465 e. The van der Waals surface area contributed by atoms with Crippen molar-refractivity contribution in [3.8, 4) is 0 Å². The number of ketones is 1. The van der Waals surface area contributed by atoms with Gasteiger partial charge in [0.15, 0.2) is 25.8 Å². The van der Waals surface area contributed by atoms with E-state index in [-0.39, 0.29) is 24.3 Å². The summed E-state index contributed by atoms with van der Waals surface area (Å²) < 4.78 is 52.1. The lowest BCUT2D eigenvalue weighted by Gasteiger charge is -2.36. The fraction of sp³-hybridized carbons (Fsp3) is 0.571. The lowest BCUT2D eigenvalue weighted by Crippen LogP contribution is -2.42. The molecular weight excluding hydrogens is 461 g/mol. The first-order chi connectivity index (χ1) is 15.0. The van der Waals surface area contributed by atoms with Gasteiger partial charge in [-0.1, -0.05) is 20.8 Å². The maximum atomic E-state index is 14.0. The Bertz CT molecular complexity index is 947. The summed E-state index contributed by atoms with van der Waals surface area (Å²) in [6, 6.07) is -0.330.